The molecule has 2 rings (SSSR count). The van der Waals surface area contributed by atoms with E-state index in [9.17, 15) is 26.8 Å². The van der Waals surface area contributed by atoms with E-state index in [2.05, 4.69) is 5.32 Å². The second-order valence-corrected chi connectivity index (χ2v) is 8.17. The summed E-state index contributed by atoms with van der Waals surface area (Å²) in [6.07, 6.45) is 1.26. The molecule has 6 nitrogen and oxygen atoms in total. The quantitative estimate of drug-likeness (QED) is 0.567. The number of carbonyl (C=O) groups is 2. The fourth-order valence-electron chi connectivity index (χ4n) is 2.14. The molecule has 0 bridgehead atoms. The Bertz CT molecular complexity index is 780. The molecular formula is C15H15F2NO5S2. The van der Waals surface area contributed by atoms with Crippen molar-refractivity contribution in [3.63, 3.8) is 0 Å². The summed E-state index contributed by atoms with van der Waals surface area (Å²) < 4.78 is 52.2. The first-order chi connectivity index (χ1) is 11.7. The van der Waals surface area contributed by atoms with Crippen LogP contribution < -0.4 is 5.32 Å². The Morgan fingerprint density at radius 1 is 1.32 bits per heavy atom. The number of allylic oxidation sites excluding steroid dienone is 1. The SMILES string of the molecule is O=C(COC(=O)CC1C=CS(=O)(=O)C1)Nc1ccccc1SC(F)F. The molecule has 1 amide bonds. The molecule has 10 heteroatoms. The zero-order chi connectivity index (χ0) is 18.4. The molecule has 1 unspecified atom stereocenters. The van der Waals surface area contributed by atoms with Crippen molar-refractivity contribution in [1.82, 2.24) is 0 Å². The van der Waals surface area contributed by atoms with Crippen LogP contribution in [0.4, 0.5) is 14.5 Å². The highest BCUT2D eigenvalue weighted by atomic mass is 32.2. The molecule has 0 saturated carbocycles. The number of anilines is 1. The van der Waals surface area contributed by atoms with Crippen molar-refractivity contribution in [2.75, 3.05) is 17.7 Å². The van der Waals surface area contributed by atoms with E-state index >= 15 is 0 Å². The second kappa shape index (κ2) is 8.43. The molecule has 0 radical (unpaired) electrons. The Kier molecular flexibility index (Phi) is 6.54. The van der Waals surface area contributed by atoms with Gasteiger partial charge in [0.2, 0.25) is 0 Å². The number of rotatable bonds is 7. The normalized spacial score (nSPS) is 18.3. The predicted octanol–water partition coefficient (Wildman–Crippen LogP) is 2.43. The molecule has 1 aromatic rings. The highest BCUT2D eigenvalue weighted by molar-refractivity contribution is 7.99. The minimum absolute atomic E-state index is 0.152. The van der Waals surface area contributed by atoms with Gasteiger partial charge < -0.3 is 10.1 Å². The van der Waals surface area contributed by atoms with Crippen molar-refractivity contribution >= 4 is 39.2 Å². The molecule has 1 N–H and O–H groups in total. The molecule has 1 aliphatic rings. The molecule has 0 spiro atoms. The first kappa shape index (κ1) is 19.4. The van der Waals surface area contributed by atoms with E-state index < -0.39 is 40.0 Å². The van der Waals surface area contributed by atoms with Crippen LogP contribution in [0.2, 0.25) is 0 Å². The lowest BCUT2D eigenvalue weighted by Gasteiger charge is -2.11. The van der Waals surface area contributed by atoms with E-state index in [1.807, 2.05) is 0 Å². The van der Waals surface area contributed by atoms with E-state index in [1.54, 1.807) is 12.1 Å². The lowest BCUT2D eigenvalue weighted by molar-refractivity contribution is -0.147. The highest BCUT2D eigenvalue weighted by Gasteiger charge is 2.24. The van der Waals surface area contributed by atoms with Crippen LogP contribution in [0, 0.1) is 5.92 Å². The molecule has 1 aliphatic heterocycles. The minimum atomic E-state index is -3.26. The molecular weight excluding hydrogens is 376 g/mol. The third-order valence-electron chi connectivity index (χ3n) is 3.17. The summed E-state index contributed by atoms with van der Waals surface area (Å²) in [5.41, 5.74) is 0.193. The van der Waals surface area contributed by atoms with Crippen LogP contribution in [-0.2, 0) is 24.2 Å². The van der Waals surface area contributed by atoms with Crippen molar-refractivity contribution < 1.29 is 31.5 Å². The maximum Gasteiger partial charge on any atom is 0.306 e. The van der Waals surface area contributed by atoms with Gasteiger partial charge in [-0.1, -0.05) is 30.0 Å². The standard InChI is InChI=1S/C15H15F2NO5S2/c16-15(17)24-12-4-2-1-3-11(12)18-13(19)8-23-14(20)7-10-5-6-25(21,22)9-10/h1-6,10,15H,7-9H2,(H,18,19). The number of benzene rings is 1. The summed E-state index contributed by atoms with van der Waals surface area (Å²) in [5, 5.41) is 3.45. The van der Waals surface area contributed by atoms with Crippen LogP contribution in [0.25, 0.3) is 0 Å². The van der Waals surface area contributed by atoms with Crippen molar-refractivity contribution in [1.29, 1.82) is 0 Å². The number of carbonyl (C=O) groups excluding carboxylic acids is 2. The number of amides is 1. The fourth-order valence-corrected chi connectivity index (χ4v) is 4.13. The number of para-hydroxylation sites is 1. The number of hydrogen-bond donors (Lipinski definition) is 1. The molecule has 25 heavy (non-hydrogen) atoms. The van der Waals surface area contributed by atoms with Gasteiger partial charge in [-0.3, -0.25) is 9.59 Å². The van der Waals surface area contributed by atoms with Crippen LogP contribution >= 0.6 is 11.8 Å². The molecule has 1 heterocycles. The van der Waals surface area contributed by atoms with E-state index in [0.29, 0.717) is 11.8 Å². The Balaban J connectivity index is 1.81. The van der Waals surface area contributed by atoms with Gasteiger partial charge in [-0.05, 0) is 12.1 Å². The minimum Gasteiger partial charge on any atom is -0.456 e. The third-order valence-corrected chi connectivity index (χ3v) is 5.43. The van der Waals surface area contributed by atoms with Crippen LogP contribution in [0.15, 0.2) is 40.6 Å². The van der Waals surface area contributed by atoms with Gasteiger partial charge >= 0.3 is 5.97 Å². The van der Waals surface area contributed by atoms with Crippen LogP contribution in [-0.4, -0.2) is 38.4 Å². The number of alkyl halides is 2. The van der Waals surface area contributed by atoms with Gasteiger partial charge in [-0.15, -0.1) is 0 Å². The van der Waals surface area contributed by atoms with Gasteiger partial charge in [0.05, 0.1) is 17.9 Å². The van der Waals surface area contributed by atoms with Gasteiger partial charge in [0.15, 0.2) is 16.4 Å². The largest absolute Gasteiger partial charge is 0.456 e. The Labute approximate surface area is 147 Å². The maximum atomic E-state index is 12.5. The van der Waals surface area contributed by atoms with Gasteiger partial charge in [0.25, 0.3) is 11.7 Å². The summed E-state index contributed by atoms with van der Waals surface area (Å²) in [7, 11) is -3.26. The number of thioether (sulfide) groups is 1. The number of ether oxygens (including phenoxy) is 1. The Morgan fingerprint density at radius 3 is 2.68 bits per heavy atom. The predicted molar refractivity (Wildman–Crippen MR) is 88.9 cm³/mol. The van der Waals surface area contributed by atoms with Gasteiger partial charge in [-0.2, -0.15) is 8.78 Å². The molecule has 136 valence electrons. The summed E-state index contributed by atoms with van der Waals surface area (Å²) in [4.78, 5) is 23.6. The smallest absolute Gasteiger partial charge is 0.306 e. The zero-order valence-corrected chi connectivity index (χ0v) is 14.5. The van der Waals surface area contributed by atoms with E-state index in [4.69, 9.17) is 4.74 Å². The van der Waals surface area contributed by atoms with Gasteiger partial charge in [-0.25, -0.2) is 8.42 Å². The molecule has 0 aliphatic carbocycles. The van der Waals surface area contributed by atoms with E-state index in [1.165, 1.54) is 18.2 Å². The summed E-state index contributed by atoms with van der Waals surface area (Å²) in [6, 6.07) is 6.03. The molecule has 1 atom stereocenters. The van der Waals surface area contributed by atoms with Crippen LogP contribution in [0.1, 0.15) is 6.42 Å². The third kappa shape index (κ3) is 6.46. The Hall–Kier alpha value is -1.94. The molecule has 1 aromatic carbocycles. The average Bonchev–Trinajstić information content (AvgIpc) is 2.85. The second-order valence-electron chi connectivity index (χ2n) is 5.21. The lowest BCUT2D eigenvalue weighted by Crippen LogP contribution is -2.22. The highest BCUT2D eigenvalue weighted by Crippen LogP contribution is 2.31. The zero-order valence-electron chi connectivity index (χ0n) is 12.9. The number of esters is 1. The number of hydrogen-bond acceptors (Lipinski definition) is 6. The monoisotopic (exact) mass is 391 g/mol. The molecule has 0 fully saturated rings. The number of halogens is 2. The fraction of sp³-hybridized carbons (Fsp3) is 0.333. The van der Waals surface area contributed by atoms with Gasteiger partial charge in [0.1, 0.15) is 0 Å². The summed E-state index contributed by atoms with van der Waals surface area (Å²) >= 11 is 0.292. The molecule has 0 aromatic heterocycles. The maximum absolute atomic E-state index is 12.5. The first-order valence-corrected chi connectivity index (χ1v) is 9.75. The van der Waals surface area contributed by atoms with Crippen LogP contribution in [0.3, 0.4) is 0 Å². The van der Waals surface area contributed by atoms with E-state index in [-0.39, 0.29) is 22.8 Å². The topological polar surface area (TPSA) is 89.5 Å². The first-order valence-electron chi connectivity index (χ1n) is 7.15. The van der Waals surface area contributed by atoms with Crippen molar-refractivity contribution in [3.05, 3.63) is 35.7 Å². The summed E-state index contributed by atoms with van der Waals surface area (Å²) in [6.45, 7) is -0.588. The average molecular weight is 391 g/mol. The van der Waals surface area contributed by atoms with E-state index in [0.717, 1.165) is 5.41 Å². The van der Waals surface area contributed by atoms with Crippen molar-refractivity contribution in [3.8, 4) is 0 Å². The lowest BCUT2D eigenvalue weighted by atomic mass is 10.1. The van der Waals surface area contributed by atoms with Crippen molar-refractivity contribution in [2.24, 2.45) is 5.92 Å². The molecule has 0 saturated heterocycles. The number of nitrogens with one attached hydrogen (secondary N) is 1. The number of sulfone groups is 1. The van der Waals surface area contributed by atoms with Crippen molar-refractivity contribution in [2.45, 2.75) is 17.1 Å². The van der Waals surface area contributed by atoms with Gasteiger partial charge in [0, 0.05) is 16.2 Å². The Morgan fingerprint density at radius 2 is 2.04 bits per heavy atom. The van der Waals surface area contributed by atoms with Crippen LogP contribution in [0.5, 0.6) is 0 Å². The summed E-state index contributed by atoms with van der Waals surface area (Å²) in [5.74, 6) is -4.65.